The molecular formula is C11H20ClNO. The second kappa shape index (κ2) is 5.59. The van der Waals surface area contributed by atoms with Gasteiger partial charge in [0.15, 0.2) is 0 Å². The fourth-order valence-electron chi connectivity index (χ4n) is 2.08. The molecule has 1 rings (SSSR count). The number of carbonyl (C=O) groups is 1. The summed E-state index contributed by atoms with van der Waals surface area (Å²) < 4.78 is 0. The fourth-order valence-corrected chi connectivity index (χ4v) is 2.53. The summed E-state index contributed by atoms with van der Waals surface area (Å²) in [5, 5.41) is 0.162. The zero-order valence-corrected chi connectivity index (χ0v) is 9.89. The quantitative estimate of drug-likeness (QED) is 0.666. The molecule has 1 aliphatic rings. The van der Waals surface area contributed by atoms with Crippen molar-refractivity contribution in [2.45, 2.75) is 56.9 Å². The predicted octanol–water partition coefficient (Wildman–Crippen LogP) is 2.79. The fraction of sp³-hybridized carbons (Fsp3) is 0.909. The molecule has 1 aliphatic carbocycles. The molecule has 14 heavy (non-hydrogen) atoms. The van der Waals surface area contributed by atoms with Crippen LogP contribution in [0.1, 0.15) is 45.4 Å². The van der Waals surface area contributed by atoms with E-state index in [0.717, 1.165) is 19.3 Å². The molecule has 0 aromatic heterocycles. The maximum absolute atomic E-state index is 11.7. The van der Waals surface area contributed by atoms with Crippen LogP contribution in [0.2, 0.25) is 0 Å². The third-order valence-corrected chi connectivity index (χ3v) is 3.51. The van der Waals surface area contributed by atoms with Crippen LogP contribution in [0.25, 0.3) is 0 Å². The molecule has 0 aliphatic heterocycles. The van der Waals surface area contributed by atoms with Crippen molar-refractivity contribution in [3.63, 3.8) is 0 Å². The van der Waals surface area contributed by atoms with E-state index < -0.39 is 0 Å². The minimum Gasteiger partial charge on any atom is -0.341 e. The van der Waals surface area contributed by atoms with Crippen molar-refractivity contribution in [1.29, 1.82) is 0 Å². The van der Waals surface area contributed by atoms with Crippen molar-refractivity contribution < 1.29 is 4.79 Å². The van der Waals surface area contributed by atoms with Gasteiger partial charge >= 0.3 is 0 Å². The average molecular weight is 218 g/mol. The van der Waals surface area contributed by atoms with Crippen LogP contribution in [0.4, 0.5) is 0 Å². The molecule has 0 radical (unpaired) electrons. The van der Waals surface area contributed by atoms with E-state index in [1.165, 1.54) is 12.8 Å². The molecule has 0 aromatic rings. The van der Waals surface area contributed by atoms with Gasteiger partial charge in [0.2, 0.25) is 5.91 Å². The van der Waals surface area contributed by atoms with Crippen molar-refractivity contribution in [2.75, 3.05) is 7.05 Å². The molecular weight excluding hydrogens is 198 g/mol. The predicted molar refractivity (Wildman–Crippen MR) is 59.6 cm³/mol. The Morgan fingerprint density at radius 1 is 1.43 bits per heavy atom. The van der Waals surface area contributed by atoms with Crippen LogP contribution in [-0.2, 0) is 4.79 Å². The number of hydrogen-bond acceptors (Lipinski definition) is 1. The van der Waals surface area contributed by atoms with E-state index in [-0.39, 0.29) is 17.3 Å². The Hall–Kier alpha value is -0.240. The van der Waals surface area contributed by atoms with E-state index in [1.807, 2.05) is 18.9 Å². The molecule has 0 saturated heterocycles. The first-order chi connectivity index (χ1) is 6.66. The van der Waals surface area contributed by atoms with E-state index in [0.29, 0.717) is 6.42 Å². The summed E-state index contributed by atoms with van der Waals surface area (Å²) in [4.78, 5) is 13.5. The highest BCUT2D eigenvalue weighted by molar-refractivity contribution is 6.21. The second-order valence-electron chi connectivity index (χ2n) is 4.12. The van der Waals surface area contributed by atoms with Crippen LogP contribution in [0.15, 0.2) is 0 Å². The van der Waals surface area contributed by atoms with Gasteiger partial charge in [0.05, 0.1) is 5.38 Å². The molecule has 2 unspecified atom stereocenters. The number of alkyl halides is 1. The van der Waals surface area contributed by atoms with Gasteiger partial charge in [-0.15, -0.1) is 11.6 Å². The number of amides is 1. The number of hydrogen-bond donors (Lipinski definition) is 0. The number of nitrogens with zero attached hydrogens (tertiary/aromatic N) is 1. The van der Waals surface area contributed by atoms with Crippen LogP contribution >= 0.6 is 11.6 Å². The Balaban J connectivity index is 2.48. The number of halogens is 1. The lowest BCUT2D eigenvalue weighted by molar-refractivity contribution is -0.132. The lowest BCUT2D eigenvalue weighted by Gasteiger charge is -2.34. The highest BCUT2D eigenvalue weighted by Crippen LogP contribution is 2.26. The Morgan fingerprint density at radius 3 is 2.64 bits per heavy atom. The summed E-state index contributed by atoms with van der Waals surface area (Å²) in [6.07, 6.45) is 6.10. The second-order valence-corrected chi connectivity index (χ2v) is 4.68. The number of carbonyl (C=O) groups excluding carboxylic acids is 1. The average Bonchev–Trinajstić information content (AvgIpc) is 2.18. The van der Waals surface area contributed by atoms with Crippen LogP contribution < -0.4 is 0 Å². The molecule has 0 N–H and O–H groups in total. The molecule has 1 fully saturated rings. The van der Waals surface area contributed by atoms with E-state index >= 15 is 0 Å². The number of rotatable bonds is 3. The standard InChI is InChI=1S/C11H20ClNO/c1-3-6-11(14)13(2)10-8-5-4-7-9(10)12/h9-10H,3-8H2,1-2H3. The maximum Gasteiger partial charge on any atom is 0.222 e. The van der Waals surface area contributed by atoms with Gasteiger partial charge in [-0.25, -0.2) is 0 Å². The van der Waals surface area contributed by atoms with Gasteiger partial charge in [-0.2, -0.15) is 0 Å². The van der Waals surface area contributed by atoms with Gasteiger partial charge in [-0.1, -0.05) is 19.8 Å². The zero-order valence-electron chi connectivity index (χ0n) is 9.13. The zero-order chi connectivity index (χ0) is 10.6. The molecule has 1 amide bonds. The summed E-state index contributed by atoms with van der Waals surface area (Å²) in [5.41, 5.74) is 0. The van der Waals surface area contributed by atoms with E-state index in [1.54, 1.807) is 0 Å². The summed E-state index contributed by atoms with van der Waals surface area (Å²) in [6, 6.07) is 0.268. The molecule has 3 heteroatoms. The van der Waals surface area contributed by atoms with Crippen LogP contribution in [-0.4, -0.2) is 29.3 Å². The lowest BCUT2D eigenvalue weighted by Crippen LogP contribution is -2.44. The first-order valence-electron chi connectivity index (χ1n) is 5.56. The van der Waals surface area contributed by atoms with Gasteiger partial charge in [-0.05, 0) is 19.3 Å². The Kier molecular flexibility index (Phi) is 4.73. The topological polar surface area (TPSA) is 20.3 Å². The third-order valence-electron chi connectivity index (χ3n) is 3.00. The minimum atomic E-state index is 0.162. The molecule has 2 atom stereocenters. The Morgan fingerprint density at radius 2 is 2.07 bits per heavy atom. The molecule has 0 bridgehead atoms. The van der Waals surface area contributed by atoms with Crippen molar-refractivity contribution in [1.82, 2.24) is 4.90 Å². The van der Waals surface area contributed by atoms with Crippen molar-refractivity contribution in [2.24, 2.45) is 0 Å². The Bertz CT molecular complexity index is 196. The van der Waals surface area contributed by atoms with Gasteiger partial charge in [0, 0.05) is 19.5 Å². The maximum atomic E-state index is 11.7. The smallest absolute Gasteiger partial charge is 0.222 e. The van der Waals surface area contributed by atoms with Crippen LogP contribution in [0, 0.1) is 0 Å². The van der Waals surface area contributed by atoms with Gasteiger partial charge in [-0.3, -0.25) is 4.79 Å². The molecule has 2 nitrogen and oxygen atoms in total. The van der Waals surface area contributed by atoms with Gasteiger partial charge < -0.3 is 4.90 Å². The van der Waals surface area contributed by atoms with E-state index in [2.05, 4.69) is 0 Å². The lowest BCUT2D eigenvalue weighted by atomic mass is 9.93. The van der Waals surface area contributed by atoms with Gasteiger partial charge in [0.25, 0.3) is 0 Å². The third kappa shape index (κ3) is 2.88. The molecule has 82 valence electrons. The molecule has 1 saturated carbocycles. The van der Waals surface area contributed by atoms with Crippen molar-refractivity contribution in [3.8, 4) is 0 Å². The summed E-state index contributed by atoms with van der Waals surface area (Å²) in [5.74, 6) is 0.241. The molecule has 0 spiro atoms. The summed E-state index contributed by atoms with van der Waals surface area (Å²) >= 11 is 6.23. The van der Waals surface area contributed by atoms with E-state index in [4.69, 9.17) is 11.6 Å². The largest absolute Gasteiger partial charge is 0.341 e. The van der Waals surface area contributed by atoms with Crippen LogP contribution in [0.5, 0.6) is 0 Å². The monoisotopic (exact) mass is 217 g/mol. The normalized spacial score (nSPS) is 27.4. The minimum absolute atomic E-state index is 0.162. The van der Waals surface area contributed by atoms with Crippen LogP contribution in [0.3, 0.4) is 0 Å². The van der Waals surface area contributed by atoms with Crippen molar-refractivity contribution >= 4 is 17.5 Å². The van der Waals surface area contributed by atoms with Gasteiger partial charge in [0.1, 0.15) is 0 Å². The first-order valence-corrected chi connectivity index (χ1v) is 6.00. The summed E-state index contributed by atoms with van der Waals surface area (Å²) in [6.45, 7) is 2.03. The molecule has 0 heterocycles. The van der Waals surface area contributed by atoms with Crippen molar-refractivity contribution in [3.05, 3.63) is 0 Å². The molecule has 0 aromatic carbocycles. The SMILES string of the molecule is CCCC(=O)N(C)C1CCCCC1Cl. The summed E-state index contributed by atoms with van der Waals surface area (Å²) in [7, 11) is 1.89. The highest BCUT2D eigenvalue weighted by Gasteiger charge is 2.28. The Labute approximate surface area is 91.6 Å². The first kappa shape index (κ1) is 11.8. The highest BCUT2D eigenvalue weighted by atomic mass is 35.5. The van der Waals surface area contributed by atoms with E-state index in [9.17, 15) is 4.79 Å².